The molecule has 1 rings (SSSR count). The molecule has 3 amide bonds. The van der Waals surface area contributed by atoms with Crippen LogP contribution < -0.4 is 10.6 Å². The summed E-state index contributed by atoms with van der Waals surface area (Å²) in [5.41, 5.74) is 0.872. The molecule has 0 aromatic heterocycles. The molecule has 20 heavy (non-hydrogen) atoms. The van der Waals surface area contributed by atoms with E-state index >= 15 is 0 Å². The molecule has 7 heteroatoms. The standard InChI is InChI=1S/C13H13BrN2O4/c1-8(9-2-4-10(14)5-3-9)15-13(20)16-11(17)6-7-12(18)19/h2-8H,1H3,(H,18,19)(H2,15,16,17,20). The van der Waals surface area contributed by atoms with Crippen LogP contribution in [-0.2, 0) is 9.59 Å². The maximum Gasteiger partial charge on any atom is 0.328 e. The minimum absolute atomic E-state index is 0.292. The number of carbonyl (C=O) groups is 3. The second-order valence-electron chi connectivity index (χ2n) is 3.91. The molecule has 0 saturated carbocycles. The first-order valence-electron chi connectivity index (χ1n) is 5.66. The Morgan fingerprint density at radius 1 is 1.20 bits per heavy atom. The molecule has 0 heterocycles. The third kappa shape index (κ3) is 5.66. The van der Waals surface area contributed by atoms with E-state index in [1.807, 2.05) is 29.6 Å². The molecule has 0 saturated heterocycles. The maximum absolute atomic E-state index is 11.5. The molecule has 1 aromatic carbocycles. The number of hydrogen-bond donors (Lipinski definition) is 3. The van der Waals surface area contributed by atoms with Crippen molar-refractivity contribution in [3.8, 4) is 0 Å². The highest BCUT2D eigenvalue weighted by molar-refractivity contribution is 9.10. The van der Waals surface area contributed by atoms with Gasteiger partial charge in [-0.1, -0.05) is 28.1 Å². The van der Waals surface area contributed by atoms with Crippen molar-refractivity contribution in [3.05, 3.63) is 46.5 Å². The number of carbonyl (C=O) groups excluding carboxylic acids is 2. The summed E-state index contributed by atoms with van der Waals surface area (Å²) in [5, 5.41) is 12.9. The fourth-order valence-corrected chi connectivity index (χ4v) is 1.63. The predicted octanol–water partition coefficient (Wildman–Crippen LogP) is 1.98. The van der Waals surface area contributed by atoms with E-state index in [0.29, 0.717) is 6.08 Å². The Balaban J connectivity index is 2.51. The number of imide groups is 1. The molecule has 6 nitrogen and oxygen atoms in total. The summed E-state index contributed by atoms with van der Waals surface area (Å²) in [6, 6.07) is 6.36. The number of urea groups is 1. The number of carboxylic acid groups (broad SMARTS) is 1. The summed E-state index contributed by atoms with van der Waals surface area (Å²) in [5.74, 6) is -2.06. The van der Waals surface area contributed by atoms with E-state index in [-0.39, 0.29) is 6.04 Å². The van der Waals surface area contributed by atoms with Crippen molar-refractivity contribution < 1.29 is 19.5 Å². The molecule has 106 valence electrons. The van der Waals surface area contributed by atoms with Gasteiger partial charge in [0.1, 0.15) is 0 Å². The quantitative estimate of drug-likeness (QED) is 0.730. The van der Waals surface area contributed by atoms with Crippen LogP contribution in [0.3, 0.4) is 0 Å². The van der Waals surface area contributed by atoms with Crippen LogP contribution in [0, 0.1) is 0 Å². The van der Waals surface area contributed by atoms with Crippen LogP contribution in [0.15, 0.2) is 40.9 Å². The zero-order valence-corrected chi connectivity index (χ0v) is 12.2. The van der Waals surface area contributed by atoms with E-state index in [1.54, 1.807) is 6.92 Å². The van der Waals surface area contributed by atoms with Crippen molar-refractivity contribution in [2.24, 2.45) is 0 Å². The smallest absolute Gasteiger partial charge is 0.328 e. The van der Waals surface area contributed by atoms with Crippen molar-refractivity contribution in [3.63, 3.8) is 0 Å². The third-order valence-corrected chi connectivity index (χ3v) is 2.86. The fourth-order valence-electron chi connectivity index (χ4n) is 1.37. The molecular formula is C13H13BrN2O4. The van der Waals surface area contributed by atoms with Crippen molar-refractivity contribution in [2.45, 2.75) is 13.0 Å². The second kappa shape index (κ2) is 7.44. The Hall–Kier alpha value is -2.15. The molecule has 0 aliphatic carbocycles. The van der Waals surface area contributed by atoms with E-state index in [2.05, 4.69) is 21.2 Å². The van der Waals surface area contributed by atoms with Crippen LogP contribution >= 0.6 is 15.9 Å². The minimum atomic E-state index is -1.26. The van der Waals surface area contributed by atoms with Gasteiger partial charge in [0.2, 0.25) is 0 Å². The highest BCUT2D eigenvalue weighted by Crippen LogP contribution is 2.16. The molecule has 1 unspecified atom stereocenters. The van der Waals surface area contributed by atoms with Gasteiger partial charge in [-0.15, -0.1) is 0 Å². The molecule has 1 aromatic rings. The van der Waals surface area contributed by atoms with Crippen LogP contribution in [0.2, 0.25) is 0 Å². The number of rotatable bonds is 4. The van der Waals surface area contributed by atoms with Crippen molar-refractivity contribution in [1.29, 1.82) is 0 Å². The molecule has 1 atom stereocenters. The van der Waals surface area contributed by atoms with E-state index in [0.717, 1.165) is 16.1 Å². The van der Waals surface area contributed by atoms with E-state index < -0.39 is 17.9 Å². The summed E-state index contributed by atoms with van der Waals surface area (Å²) < 4.78 is 0.923. The van der Waals surface area contributed by atoms with Crippen LogP contribution in [0.1, 0.15) is 18.5 Å². The highest BCUT2D eigenvalue weighted by Gasteiger charge is 2.10. The lowest BCUT2D eigenvalue weighted by Crippen LogP contribution is -2.39. The number of hydrogen-bond acceptors (Lipinski definition) is 3. The van der Waals surface area contributed by atoms with Crippen LogP contribution in [0.5, 0.6) is 0 Å². The predicted molar refractivity (Wildman–Crippen MR) is 76.0 cm³/mol. The SMILES string of the molecule is CC(NC(=O)NC(=O)C=CC(=O)O)c1ccc(Br)cc1. The molecule has 0 radical (unpaired) electrons. The fraction of sp³-hybridized carbons (Fsp3) is 0.154. The van der Waals surface area contributed by atoms with Crippen molar-refractivity contribution in [1.82, 2.24) is 10.6 Å². The number of aliphatic carboxylic acids is 1. The minimum Gasteiger partial charge on any atom is -0.478 e. The molecule has 0 fully saturated rings. The van der Waals surface area contributed by atoms with E-state index in [1.165, 1.54) is 0 Å². The Bertz CT molecular complexity index is 540. The summed E-state index contributed by atoms with van der Waals surface area (Å²) in [6.07, 6.45) is 1.42. The van der Waals surface area contributed by atoms with Gasteiger partial charge in [-0.05, 0) is 24.6 Å². The molecule has 0 bridgehead atoms. The topological polar surface area (TPSA) is 95.5 Å². The number of carboxylic acids is 1. The van der Waals surface area contributed by atoms with Crippen molar-refractivity contribution >= 4 is 33.8 Å². The Labute approximate surface area is 124 Å². The van der Waals surface area contributed by atoms with Gasteiger partial charge in [-0.3, -0.25) is 10.1 Å². The summed E-state index contributed by atoms with van der Waals surface area (Å²) in [4.78, 5) is 32.9. The van der Waals surface area contributed by atoms with Gasteiger partial charge in [-0.2, -0.15) is 0 Å². The summed E-state index contributed by atoms with van der Waals surface area (Å²) in [7, 11) is 0. The van der Waals surface area contributed by atoms with Gasteiger partial charge in [0, 0.05) is 16.6 Å². The van der Waals surface area contributed by atoms with Gasteiger partial charge in [0.05, 0.1) is 6.04 Å². The van der Waals surface area contributed by atoms with Crippen LogP contribution in [0.4, 0.5) is 4.79 Å². The third-order valence-electron chi connectivity index (χ3n) is 2.33. The lowest BCUT2D eigenvalue weighted by molar-refractivity contribution is -0.131. The average molecular weight is 341 g/mol. The highest BCUT2D eigenvalue weighted by atomic mass is 79.9. The number of amides is 3. The first-order valence-corrected chi connectivity index (χ1v) is 6.45. The maximum atomic E-state index is 11.5. The lowest BCUT2D eigenvalue weighted by Gasteiger charge is -2.14. The molecule has 0 aliphatic rings. The Kier molecular flexibility index (Phi) is 5.92. The van der Waals surface area contributed by atoms with Crippen LogP contribution in [-0.4, -0.2) is 23.0 Å². The van der Waals surface area contributed by atoms with Crippen LogP contribution in [0.25, 0.3) is 0 Å². The zero-order chi connectivity index (χ0) is 15.1. The normalized spacial score (nSPS) is 11.9. The first kappa shape index (κ1) is 15.9. The molecule has 0 aliphatic heterocycles. The number of halogens is 1. The Morgan fingerprint density at radius 3 is 2.35 bits per heavy atom. The monoisotopic (exact) mass is 340 g/mol. The average Bonchev–Trinajstić information content (AvgIpc) is 2.36. The zero-order valence-electron chi connectivity index (χ0n) is 10.6. The molecular weight excluding hydrogens is 328 g/mol. The van der Waals surface area contributed by atoms with Gasteiger partial charge in [0.25, 0.3) is 5.91 Å². The van der Waals surface area contributed by atoms with Crippen molar-refractivity contribution in [2.75, 3.05) is 0 Å². The Morgan fingerprint density at radius 2 is 1.80 bits per heavy atom. The molecule has 3 N–H and O–H groups in total. The number of benzene rings is 1. The largest absolute Gasteiger partial charge is 0.478 e. The molecule has 0 spiro atoms. The lowest BCUT2D eigenvalue weighted by atomic mass is 10.1. The van der Waals surface area contributed by atoms with Gasteiger partial charge >= 0.3 is 12.0 Å². The van der Waals surface area contributed by atoms with E-state index in [9.17, 15) is 14.4 Å². The second-order valence-corrected chi connectivity index (χ2v) is 4.82. The van der Waals surface area contributed by atoms with Gasteiger partial charge < -0.3 is 10.4 Å². The van der Waals surface area contributed by atoms with E-state index in [4.69, 9.17) is 5.11 Å². The first-order chi connectivity index (χ1) is 9.38. The number of nitrogens with one attached hydrogen (secondary N) is 2. The summed E-state index contributed by atoms with van der Waals surface area (Å²) >= 11 is 3.31. The van der Waals surface area contributed by atoms with Gasteiger partial charge in [0.15, 0.2) is 0 Å². The van der Waals surface area contributed by atoms with Gasteiger partial charge in [-0.25, -0.2) is 9.59 Å². The summed E-state index contributed by atoms with van der Waals surface area (Å²) in [6.45, 7) is 1.76.